The van der Waals surface area contributed by atoms with Crippen LogP contribution in [0.4, 0.5) is 5.82 Å². The summed E-state index contributed by atoms with van der Waals surface area (Å²) in [6.45, 7) is 1.76. The lowest BCUT2D eigenvalue weighted by atomic mass is 10.3. The van der Waals surface area contributed by atoms with E-state index in [1.54, 1.807) is 6.07 Å². The molecule has 1 N–H and O–H groups in total. The summed E-state index contributed by atoms with van der Waals surface area (Å²) < 4.78 is 0. The number of hydrogen-bond acceptors (Lipinski definition) is 5. The fourth-order valence-corrected chi connectivity index (χ4v) is 1.60. The highest BCUT2D eigenvalue weighted by atomic mass is 15.2. The van der Waals surface area contributed by atoms with Crippen molar-refractivity contribution in [1.29, 1.82) is 5.26 Å². The molecule has 1 aromatic heterocycles. The van der Waals surface area contributed by atoms with E-state index in [4.69, 9.17) is 5.26 Å². The first-order chi connectivity index (χ1) is 7.81. The Balaban J connectivity index is 1.82. The van der Waals surface area contributed by atoms with Gasteiger partial charge in [-0.05, 0) is 26.0 Å². The number of anilines is 1. The van der Waals surface area contributed by atoms with Crippen LogP contribution in [0.15, 0.2) is 12.3 Å². The largest absolute Gasteiger partial charge is 0.366 e. The number of rotatable bonds is 5. The Morgan fingerprint density at radius 1 is 1.62 bits per heavy atom. The predicted octanol–water partition coefficient (Wildman–Crippen LogP) is 0.854. The summed E-state index contributed by atoms with van der Waals surface area (Å²) in [6, 6.07) is 4.52. The minimum absolute atomic E-state index is 0.545. The van der Waals surface area contributed by atoms with Gasteiger partial charge in [0.2, 0.25) is 0 Å². The first-order valence-electron chi connectivity index (χ1n) is 5.47. The fraction of sp³-hybridized carbons (Fsp3) is 0.545. The summed E-state index contributed by atoms with van der Waals surface area (Å²) in [5.74, 6) is 0.578. The lowest BCUT2D eigenvalue weighted by molar-refractivity contribution is 0.337. The third kappa shape index (κ3) is 2.67. The molecule has 16 heavy (non-hydrogen) atoms. The predicted molar refractivity (Wildman–Crippen MR) is 60.9 cm³/mol. The first kappa shape index (κ1) is 10.8. The molecule has 0 aliphatic heterocycles. The highest BCUT2D eigenvalue weighted by molar-refractivity contribution is 5.49. The molecular weight excluding hydrogens is 202 g/mol. The van der Waals surface area contributed by atoms with Crippen molar-refractivity contribution >= 4 is 5.82 Å². The Hall–Kier alpha value is -1.67. The van der Waals surface area contributed by atoms with Crippen molar-refractivity contribution in [3.63, 3.8) is 0 Å². The van der Waals surface area contributed by atoms with Gasteiger partial charge in [-0.1, -0.05) is 0 Å². The zero-order chi connectivity index (χ0) is 11.4. The van der Waals surface area contributed by atoms with Crippen LogP contribution in [0.5, 0.6) is 0 Å². The van der Waals surface area contributed by atoms with Gasteiger partial charge in [0.15, 0.2) is 5.82 Å². The monoisotopic (exact) mass is 217 g/mol. The summed E-state index contributed by atoms with van der Waals surface area (Å²) in [5.41, 5.74) is 0.545. The molecule has 84 valence electrons. The summed E-state index contributed by atoms with van der Waals surface area (Å²) in [6.07, 6.45) is 4.15. The third-order valence-electron chi connectivity index (χ3n) is 2.77. The molecule has 0 bridgehead atoms. The van der Waals surface area contributed by atoms with E-state index in [-0.39, 0.29) is 0 Å². The van der Waals surface area contributed by atoms with Gasteiger partial charge in [0.05, 0.1) is 11.8 Å². The van der Waals surface area contributed by atoms with E-state index in [0.29, 0.717) is 11.4 Å². The third-order valence-corrected chi connectivity index (χ3v) is 2.77. The fourth-order valence-electron chi connectivity index (χ4n) is 1.60. The molecule has 1 aliphatic rings. The van der Waals surface area contributed by atoms with Crippen LogP contribution in [-0.2, 0) is 0 Å². The molecule has 5 heteroatoms. The van der Waals surface area contributed by atoms with Crippen LogP contribution in [0.1, 0.15) is 18.4 Å². The van der Waals surface area contributed by atoms with Crippen molar-refractivity contribution in [2.45, 2.75) is 18.9 Å². The minimum Gasteiger partial charge on any atom is -0.366 e. The van der Waals surface area contributed by atoms with Gasteiger partial charge >= 0.3 is 0 Å². The van der Waals surface area contributed by atoms with E-state index in [1.807, 2.05) is 0 Å². The molecule has 1 saturated carbocycles. The van der Waals surface area contributed by atoms with Gasteiger partial charge in [0, 0.05) is 19.1 Å². The second-order valence-electron chi connectivity index (χ2n) is 4.04. The molecule has 0 atom stereocenters. The Morgan fingerprint density at radius 3 is 3.12 bits per heavy atom. The average molecular weight is 217 g/mol. The Kier molecular flexibility index (Phi) is 3.32. The van der Waals surface area contributed by atoms with E-state index in [0.717, 1.165) is 19.1 Å². The van der Waals surface area contributed by atoms with Gasteiger partial charge in [-0.3, -0.25) is 0 Å². The van der Waals surface area contributed by atoms with Gasteiger partial charge in [-0.25, -0.2) is 0 Å². The molecule has 1 heterocycles. The molecule has 2 rings (SSSR count). The molecule has 1 fully saturated rings. The maximum atomic E-state index is 8.86. The van der Waals surface area contributed by atoms with Crippen LogP contribution in [-0.4, -0.2) is 41.3 Å². The highest BCUT2D eigenvalue weighted by Crippen LogP contribution is 2.24. The number of aromatic nitrogens is 2. The van der Waals surface area contributed by atoms with Crippen molar-refractivity contribution in [1.82, 2.24) is 15.1 Å². The quantitative estimate of drug-likeness (QED) is 0.792. The topological polar surface area (TPSA) is 64.8 Å². The number of hydrogen-bond donors (Lipinski definition) is 1. The number of nitrogens with zero attached hydrogens (tertiary/aromatic N) is 4. The van der Waals surface area contributed by atoms with Crippen molar-refractivity contribution in [2.24, 2.45) is 0 Å². The van der Waals surface area contributed by atoms with E-state index in [2.05, 4.69) is 33.5 Å². The normalized spacial score (nSPS) is 14.8. The molecule has 1 aliphatic carbocycles. The molecule has 0 unspecified atom stereocenters. The van der Waals surface area contributed by atoms with Crippen LogP contribution in [0.2, 0.25) is 0 Å². The Morgan fingerprint density at radius 2 is 2.44 bits per heavy atom. The van der Waals surface area contributed by atoms with Gasteiger partial charge in [0.25, 0.3) is 0 Å². The van der Waals surface area contributed by atoms with Crippen LogP contribution >= 0.6 is 0 Å². The lowest BCUT2D eigenvalue weighted by Gasteiger charge is -2.15. The lowest BCUT2D eigenvalue weighted by Crippen LogP contribution is -2.27. The molecule has 1 aromatic rings. The molecule has 0 aromatic carbocycles. The van der Waals surface area contributed by atoms with E-state index in [1.165, 1.54) is 19.0 Å². The molecule has 5 nitrogen and oxygen atoms in total. The number of likely N-dealkylation sites (N-methyl/N-ethyl adjacent to an activating group) is 1. The van der Waals surface area contributed by atoms with Crippen LogP contribution < -0.4 is 5.32 Å². The summed E-state index contributed by atoms with van der Waals surface area (Å²) >= 11 is 0. The van der Waals surface area contributed by atoms with Gasteiger partial charge in [-0.15, -0.1) is 5.10 Å². The number of nitriles is 1. The number of nitrogens with one attached hydrogen (secondary N) is 1. The van der Waals surface area contributed by atoms with Crippen LogP contribution in [0.3, 0.4) is 0 Å². The zero-order valence-corrected chi connectivity index (χ0v) is 9.35. The Labute approximate surface area is 95.1 Å². The SMILES string of the molecule is CN(CCNc1nnccc1C#N)C1CC1. The van der Waals surface area contributed by atoms with Gasteiger partial charge in [-0.2, -0.15) is 10.4 Å². The van der Waals surface area contributed by atoms with Gasteiger partial charge < -0.3 is 10.2 Å². The van der Waals surface area contributed by atoms with E-state index < -0.39 is 0 Å². The summed E-state index contributed by atoms with van der Waals surface area (Å²) in [4.78, 5) is 2.33. The van der Waals surface area contributed by atoms with Crippen LogP contribution in [0.25, 0.3) is 0 Å². The van der Waals surface area contributed by atoms with Crippen molar-refractivity contribution in [3.8, 4) is 6.07 Å². The standard InChI is InChI=1S/C11H15N5/c1-16(10-2-3-10)7-6-13-11-9(8-12)4-5-14-15-11/h4-5,10H,2-3,6-7H2,1H3,(H,13,15). The highest BCUT2D eigenvalue weighted by Gasteiger charge is 2.25. The molecule has 0 amide bonds. The smallest absolute Gasteiger partial charge is 0.166 e. The first-order valence-corrected chi connectivity index (χ1v) is 5.47. The zero-order valence-electron chi connectivity index (χ0n) is 9.35. The molecule has 0 saturated heterocycles. The van der Waals surface area contributed by atoms with E-state index >= 15 is 0 Å². The second kappa shape index (κ2) is 4.90. The molecule has 0 radical (unpaired) electrons. The van der Waals surface area contributed by atoms with Crippen LogP contribution in [0, 0.1) is 11.3 Å². The molecule has 0 spiro atoms. The average Bonchev–Trinajstić information content (AvgIpc) is 3.13. The second-order valence-corrected chi connectivity index (χ2v) is 4.04. The maximum absolute atomic E-state index is 8.86. The summed E-state index contributed by atoms with van der Waals surface area (Å²) in [7, 11) is 2.13. The van der Waals surface area contributed by atoms with Gasteiger partial charge in [0.1, 0.15) is 6.07 Å². The van der Waals surface area contributed by atoms with Crippen molar-refractivity contribution in [3.05, 3.63) is 17.8 Å². The summed E-state index contributed by atoms with van der Waals surface area (Å²) in [5, 5.41) is 19.7. The van der Waals surface area contributed by atoms with Crippen molar-refractivity contribution < 1.29 is 0 Å². The Bertz CT molecular complexity index is 394. The minimum atomic E-state index is 0.545. The maximum Gasteiger partial charge on any atom is 0.166 e. The molecular formula is C11H15N5. The van der Waals surface area contributed by atoms with E-state index in [9.17, 15) is 0 Å². The van der Waals surface area contributed by atoms with Crippen molar-refractivity contribution in [2.75, 3.05) is 25.5 Å².